The van der Waals surface area contributed by atoms with E-state index in [1.807, 2.05) is 10.9 Å². The van der Waals surface area contributed by atoms with Crippen molar-refractivity contribution >= 4 is 17.0 Å². The third-order valence-corrected chi connectivity index (χ3v) is 3.36. The second-order valence-corrected chi connectivity index (χ2v) is 4.84. The standard InChI is InChI=1S/C13H13N5S/c1-3-12(15-5-13-7-19-10-16-13)4-2-11(1)6-18-9-14-8-17-18/h1-4,7-10,15H,5-6H2. The lowest BCUT2D eigenvalue weighted by Gasteiger charge is -2.06. The molecule has 0 aliphatic heterocycles. The third-order valence-electron chi connectivity index (χ3n) is 2.72. The maximum absolute atomic E-state index is 4.24. The van der Waals surface area contributed by atoms with E-state index in [0.717, 1.165) is 24.5 Å². The molecule has 1 N–H and O–H groups in total. The Morgan fingerprint density at radius 1 is 1.21 bits per heavy atom. The van der Waals surface area contributed by atoms with Crippen LogP contribution in [0.25, 0.3) is 0 Å². The van der Waals surface area contributed by atoms with Crippen molar-refractivity contribution in [2.45, 2.75) is 13.1 Å². The molecule has 0 spiro atoms. The van der Waals surface area contributed by atoms with Gasteiger partial charge in [-0.2, -0.15) is 5.10 Å². The smallest absolute Gasteiger partial charge is 0.137 e. The Kier molecular flexibility index (Phi) is 3.51. The molecule has 0 saturated carbocycles. The maximum atomic E-state index is 4.24. The summed E-state index contributed by atoms with van der Waals surface area (Å²) in [5, 5.41) is 9.48. The van der Waals surface area contributed by atoms with Crippen molar-refractivity contribution < 1.29 is 0 Å². The van der Waals surface area contributed by atoms with Gasteiger partial charge in [0.1, 0.15) is 12.7 Å². The summed E-state index contributed by atoms with van der Waals surface area (Å²) < 4.78 is 1.80. The van der Waals surface area contributed by atoms with Crippen LogP contribution in [0.2, 0.25) is 0 Å². The van der Waals surface area contributed by atoms with Crippen molar-refractivity contribution in [3.05, 3.63) is 59.1 Å². The fourth-order valence-electron chi connectivity index (χ4n) is 1.75. The zero-order valence-corrected chi connectivity index (χ0v) is 11.0. The second kappa shape index (κ2) is 5.62. The summed E-state index contributed by atoms with van der Waals surface area (Å²) >= 11 is 1.61. The first-order chi connectivity index (χ1) is 9.40. The summed E-state index contributed by atoms with van der Waals surface area (Å²) in [6, 6.07) is 8.31. The number of hydrogen-bond donors (Lipinski definition) is 1. The molecule has 0 amide bonds. The molecule has 2 aromatic heterocycles. The number of nitrogens with zero attached hydrogens (tertiary/aromatic N) is 4. The van der Waals surface area contributed by atoms with Crippen molar-refractivity contribution in [2.75, 3.05) is 5.32 Å². The third kappa shape index (κ3) is 3.17. The van der Waals surface area contributed by atoms with E-state index >= 15 is 0 Å². The zero-order chi connectivity index (χ0) is 12.9. The molecular weight excluding hydrogens is 258 g/mol. The number of anilines is 1. The summed E-state index contributed by atoms with van der Waals surface area (Å²) in [5.74, 6) is 0. The molecule has 0 aliphatic carbocycles. The van der Waals surface area contributed by atoms with Crippen LogP contribution in [0.1, 0.15) is 11.3 Å². The molecule has 2 heterocycles. The van der Waals surface area contributed by atoms with E-state index in [1.165, 1.54) is 5.56 Å². The Balaban J connectivity index is 1.59. The Labute approximate surface area is 115 Å². The highest BCUT2D eigenvalue weighted by molar-refractivity contribution is 7.07. The number of thiazole rings is 1. The van der Waals surface area contributed by atoms with Crippen LogP contribution in [-0.2, 0) is 13.1 Å². The molecule has 0 fully saturated rings. The van der Waals surface area contributed by atoms with Crippen molar-refractivity contribution in [1.29, 1.82) is 0 Å². The SMILES string of the molecule is c1ncn(Cc2ccc(NCc3cscn3)cc2)n1. The number of rotatable bonds is 5. The molecule has 3 aromatic rings. The van der Waals surface area contributed by atoms with E-state index in [0.29, 0.717) is 0 Å². The summed E-state index contributed by atoms with van der Waals surface area (Å²) in [6.07, 6.45) is 3.26. The van der Waals surface area contributed by atoms with E-state index in [1.54, 1.807) is 28.7 Å². The average Bonchev–Trinajstić information content (AvgIpc) is 3.11. The van der Waals surface area contributed by atoms with Gasteiger partial charge in [-0.05, 0) is 17.7 Å². The molecular formula is C13H13N5S. The highest BCUT2D eigenvalue weighted by atomic mass is 32.1. The summed E-state index contributed by atoms with van der Waals surface area (Å²) in [7, 11) is 0. The zero-order valence-electron chi connectivity index (χ0n) is 10.2. The van der Waals surface area contributed by atoms with E-state index in [-0.39, 0.29) is 0 Å². The summed E-state index contributed by atoms with van der Waals surface area (Å²) in [4.78, 5) is 8.16. The lowest BCUT2D eigenvalue weighted by atomic mass is 10.2. The summed E-state index contributed by atoms with van der Waals surface area (Å²) in [6.45, 7) is 1.50. The van der Waals surface area contributed by atoms with E-state index < -0.39 is 0 Å². The van der Waals surface area contributed by atoms with Crippen molar-refractivity contribution in [3.63, 3.8) is 0 Å². The predicted molar refractivity (Wildman–Crippen MR) is 75.0 cm³/mol. The van der Waals surface area contributed by atoms with Crippen molar-refractivity contribution in [1.82, 2.24) is 19.7 Å². The van der Waals surface area contributed by atoms with E-state index in [2.05, 4.69) is 44.6 Å². The average molecular weight is 271 g/mol. The Morgan fingerprint density at radius 2 is 2.11 bits per heavy atom. The molecule has 0 aliphatic rings. The van der Waals surface area contributed by atoms with Gasteiger partial charge in [-0.15, -0.1) is 11.3 Å². The van der Waals surface area contributed by atoms with Crippen LogP contribution in [-0.4, -0.2) is 19.7 Å². The highest BCUT2D eigenvalue weighted by Crippen LogP contribution is 2.12. The maximum Gasteiger partial charge on any atom is 0.137 e. The molecule has 96 valence electrons. The van der Waals surface area contributed by atoms with Gasteiger partial charge in [0, 0.05) is 11.1 Å². The van der Waals surface area contributed by atoms with Gasteiger partial charge in [-0.25, -0.2) is 14.6 Å². The predicted octanol–water partition coefficient (Wildman–Crippen LogP) is 2.40. The number of nitrogens with one attached hydrogen (secondary N) is 1. The Morgan fingerprint density at radius 3 is 2.79 bits per heavy atom. The molecule has 1 aromatic carbocycles. The minimum atomic E-state index is 0.742. The molecule has 0 atom stereocenters. The van der Waals surface area contributed by atoms with Gasteiger partial charge in [-0.1, -0.05) is 12.1 Å². The van der Waals surface area contributed by atoms with Crippen LogP contribution in [0.3, 0.4) is 0 Å². The van der Waals surface area contributed by atoms with Gasteiger partial charge < -0.3 is 5.32 Å². The Bertz CT molecular complexity index is 601. The fourth-order valence-corrected chi connectivity index (χ4v) is 2.31. The second-order valence-electron chi connectivity index (χ2n) is 4.12. The first-order valence-corrected chi connectivity index (χ1v) is 6.87. The van der Waals surface area contributed by atoms with Crippen molar-refractivity contribution in [2.24, 2.45) is 0 Å². The normalized spacial score (nSPS) is 10.5. The van der Waals surface area contributed by atoms with Crippen molar-refractivity contribution in [3.8, 4) is 0 Å². The first-order valence-electron chi connectivity index (χ1n) is 5.92. The largest absolute Gasteiger partial charge is 0.379 e. The summed E-state index contributed by atoms with van der Waals surface area (Å²) in [5.41, 5.74) is 5.20. The van der Waals surface area contributed by atoms with Gasteiger partial charge in [0.05, 0.1) is 24.3 Å². The minimum Gasteiger partial charge on any atom is -0.379 e. The molecule has 0 unspecified atom stereocenters. The van der Waals surface area contributed by atoms with Gasteiger partial charge in [-0.3, -0.25) is 0 Å². The topological polar surface area (TPSA) is 55.6 Å². The molecule has 3 rings (SSSR count). The van der Waals surface area contributed by atoms with Gasteiger partial charge >= 0.3 is 0 Å². The van der Waals surface area contributed by atoms with Crippen LogP contribution in [0.4, 0.5) is 5.69 Å². The van der Waals surface area contributed by atoms with E-state index in [4.69, 9.17) is 0 Å². The number of aromatic nitrogens is 4. The molecule has 6 heteroatoms. The minimum absolute atomic E-state index is 0.742. The number of benzene rings is 1. The van der Waals surface area contributed by atoms with Gasteiger partial charge in [0.15, 0.2) is 0 Å². The lowest BCUT2D eigenvalue weighted by Crippen LogP contribution is -2.01. The number of hydrogen-bond acceptors (Lipinski definition) is 5. The molecule has 5 nitrogen and oxygen atoms in total. The molecule has 0 bridgehead atoms. The van der Waals surface area contributed by atoms with Crippen LogP contribution >= 0.6 is 11.3 Å². The lowest BCUT2D eigenvalue weighted by molar-refractivity contribution is 0.685. The van der Waals surface area contributed by atoms with Crippen LogP contribution in [0.15, 0.2) is 47.8 Å². The fraction of sp³-hybridized carbons (Fsp3) is 0.154. The quantitative estimate of drug-likeness (QED) is 0.774. The van der Waals surface area contributed by atoms with Gasteiger partial charge in [0.2, 0.25) is 0 Å². The van der Waals surface area contributed by atoms with Crippen LogP contribution in [0, 0.1) is 0 Å². The van der Waals surface area contributed by atoms with Crippen LogP contribution in [0.5, 0.6) is 0 Å². The van der Waals surface area contributed by atoms with E-state index in [9.17, 15) is 0 Å². The first kappa shape index (κ1) is 11.9. The van der Waals surface area contributed by atoms with Crippen LogP contribution < -0.4 is 5.32 Å². The monoisotopic (exact) mass is 271 g/mol. The highest BCUT2D eigenvalue weighted by Gasteiger charge is 1.98. The molecule has 0 saturated heterocycles. The Hall–Kier alpha value is -2.21. The molecule has 0 radical (unpaired) electrons. The molecule has 19 heavy (non-hydrogen) atoms. The van der Waals surface area contributed by atoms with Gasteiger partial charge in [0.25, 0.3) is 0 Å².